The highest BCUT2D eigenvalue weighted by Crippen LogP contribution is 2.03. The zero-order valence-electron chi connectivity index (χ0n) is 8.09. The van der Waals surface area contributed by atoms with Crippen molar-refractivity contribution in [2.75, 3.05) is 12.4 Å². The first kappa shape index (κ1) is 8.80. The Morgan fingerprint density at radius 2 is 2.21 bits per heavy atom. The van der Waals surface area contributed by atoms with E-state index < -0.39 is 0 Å². The summed E-state index contributed by atoms with van der Waals surface area (Å²) in [5.41, 5.74) is 0. The highest BCUT2D eigenvalue weighted by molar-refractivity contribution is 5.23. The molecule has 0 saturated carbocycles. The fraction of sp³-hybridized carbons (Fsp3) is 0.333. The maximum atomic E-state index is 4.16. The molecule has 1 N–H and O–H groups in total. The lowest BCUT2D eigenvalue weighted by molar-refractivity contribution is 0.582. The van der Waals surface area contributed by atoms with Gasteiger partial charge in [-0.1, -0.05) is 0 Å². The van der Waals surface area contributed by atoms with Crippen molar-refractivity contribution in [3.63, 3.8) is 0 Å². The fourth-order valence-electron chi connectivity index (χ4n) is 1.36. The second-order valence-electron chi connectivity index (χ2n) is 2.99. The zero-order valence-corrected chi connectivity index (χ0v) is 8.09. The average Bonchev–Trinajstić information content (AvgIpc) is 2.85. The summed E-state index contributed by atoms with van der Waals surface area (Å²) in [5, 5.41) is 3.03. The zero-order chi connectivity index (χ0) is 9.80. The summed E-state index contributed by atoms with van der Waals surface area (Å²) < 4.78 is 4.11. The number of hydrogen-bond acceptors (Lipinski definition) is 3. The Labute approximate surface area is 82.4 Å². The number of nitrogens with zero attached hydrogens (tertiary/aromatic N) is 4. The van der Waals surface area contributed by atoms with Gasteiger partial charge in [-0.15, -0.1) is 0 Å². The lowest BCUT2D eigenvalue weighted by atomic mass is 10.6. The summed E-state index contributed by atoms with van der Waals surface area (Å²) in [6.07, 6.45) is 9.31. The Bertz CT molecular complexity index is 376. The van der Waals surface area contributed by atoms with Gasteiger partial charge in [-0.2, -0.15) is 0 Å². The minimum atomic E-state index is 0.894. The summed E-state index contributed by atoms with van der Waals surface area (Å²) in [5.74, 6) is 0.894. The number of rotatable bonds is 4. The van der Waals surface area contributed by atoms with E-state index in [4.69, 9.17) is 0 Å². The van der Waals surface area contributed by atoms with Gasteiger partial charge in [-0.25, -0.2) is 9.97 Å². The maximum absolute atomic E-state index is 4.16. The normalized spacial score (nSPS) is 10.4. The molecule has 14 heavy (non-hydrogen) atoms. The van der Waals surface area contributed by atoms with Crippen LogP contribution in [0.25, 0.3) is 0 Å². The molecule has 0 atom stereocenters. The van der Waals surface area contributed by atoms with E-state index >= 15 is 0 Å². The molecule has 2 aromatic rings. The van der Waals surface area contributed by atoms with E-state index in [0.717, 1.165) is 19.0 Å². The quantitative estimate of drug-likeness (QED) is 0.778. The molecule has 5 nitrogen and oxygen atoms in total. The van der Waals surface area contributed by atoms with Crippen LogP contribution in [0.2, 0.25) is 0 Å². The minimum Gasteiger partial charge on any atom is -0.359 e. The topological polar surface area (TPSA) is 47.7 Å². The number of aryl methyl sites for hydroxylation is 2. The predicted octanol–water partition coefficient (Wildman–Crippen LogP) is 0.821. The number of anilines is 1. The van der Waals surface area contributed by atoms with Crippen LogP contribution in [-0.4, -0.2) is 26.1 Å². The van der Waals surface area contributed by atoms with E-state index in [2.05, 4.69) is 19.9 Å². The van der Waals surface area contributed by atoms with Crippen LogP contribution in [0.3, 0.4) is 0 Å². The Morgan fingerprint density at radius 3 is 2.93 bits per heavy atom. The molecule has 0 radical (unpaired) electrons. The molecule has 0 saturated heterocycles. The molecular formula is C9H13N5. The summed E-state index contributed by atoms with van der Waals surface area (Å²) >= 11 is 0. The van der Waals surface area contributed by atoms with E-state index in [1.807, 2.05) is 30.3 Å². The van der Waals surface area contributed by atoms with Gasteiger partial charge >= 0.3 is 0 Å². The molecular weight excluding hydrogens is 178 g/mol. The molecule has 2 aromatic heterocycles. The van der Waals surface area contributed by atoms with Gasteiger partial charge in [0.1, 0.15) is 0 Å². The van der Waals surface area contributed by atoms with E-state index in [0.29, 0.717) is 0 Å². The van der Waals surface area contributed by atoms with Gasteiger partial charge in [-0.3, -0.25) is 0 Å². The van der Waals surface area contributed by atoms with Gasteiger partial charge in [-0.05, 0) is 0 Å². The highest BCUT2D eigenvalue weighted by atomic mass is 15.2. The van der Waals surface area contributed by atoms with Crippen LogP contribution in [-0.2, 0) is 13.1 Å². The lowest BCUT2D eigenvalue weighted by Gasteiger charge is -2.06. The van der Waals surface area contributed by atoms with Crippen LogP contribution < -0.4 is 5.32 Å². The smallest absolute Gasteiger partial charge is 0.202 e. The molecule has 0 aliphatic carbocycles. The highest BCUT2D eigenvalue weighted by Gasteiger charge is 1.98. The Hall–Kier alpha value is -1.78. The number of nitrogens with one attached hydrogen (secondary N) is 1. The maximum Gasteiger partial charge on any atom is 0.202 e. The summed E-state index contributed by atoms with van der Waals surface area (Å²) in [6, 6.07) is 0. The third-order valence-corrected chi connectivity index (χ3v) is 2.10. The van der Waals surface area contributed by atoms with Gasteiger partial charge in [0.2, 0.25) is 5.95 Å². The molecule has 0 bridgehead atoms. The van der Waals surface area contributed by atoms with Crippen LogP contribution in [0.4, 0.5) is 5.95 Å². The Balaban J connectivity index is 1.98. The molecule has 74 valence electrons. The first-order valence-corrected chi connectivity index (χ1v) is 4.55. The molecule has 0 aliphatic rings. The van der Waals surface area contributed by atoms with Crippen molar-refractivity contribution in [3.05, 3.63) is 31.1 Å². The monoisotopic (exact) mass is 191 g/mol. The van der Waals surface area contributed by atoms with Crippen LogP contribution in [0.1, 0.15) is 0 Å². The third kappa shape index (κ3) is 1.76. The fourth-order valence-corrected chi connectivity index (χ4v) is 1.36. The molecule has 0 amide bonds. The number of hydrogen-bond donors (Lipinski definition) is 1. The average molecular weight is 191 g/mol. The van der Waals surface area contributed by atoms with Crippen molar-refractivity contribution in [1.82, 2.24) is 19.1 Å². The van der Waals surface area contributed by atoms with Gasteiger partial charge in [0.25, 0.3) is 0 Å². The molecule has 2 rings (SSSR count). The van der Waals surface area contributed by atoms with E-state index in [1.165, 1.54) is 0 Å². The molecule has 0 unspecified atom stereocenters. The molecule has 0 fully saturated rings. The van der Waals surface area contributed by atoms with Crippen molar-refractivity contribution in [2.45, 2.75) is 13.1 Å². The van der Waals surface area contributed by atoms with E-state index in [1.54, 1.807) is 12.4 Å². The molecule has 5 heteroatoms. The predicted molar refractivity (Wildman–Crippen MR) is 54.0 cm³/mol. The molecule has 0 aromatic carbocycles. The second-order valence-corrected chi connectivity index (χ2v) is 2.99. The molecule has 2 heterocycles. The third-order valence-electron chi connectivity index (χ3n) is 2.10. The van der Waals surface area contributed by atoms with Crippen molar-refractivity contribution >= 4 is 5.95 Å². The van der Waals surface area contributed by atoms with Crippen LogP contribution >= 0.6 is 0 Å². The summed E-state index contributed by atoms with van der Waals surface area (Å²) in [7, 11) is 1.87. The largest absolute Gasteiger partial charge is 0.359 e. The Kier molecular flexibility index (Phi) is 2.48. The minimum absolute atomic E-state index is 0.894. The molecule has 0 aliphatic heterocycles. The summed E-state index contributed by atoms with van der Waals surface area (Å²) in [4.78, 5) is 8.15. The summed E-state index contributed by atoms with van der Waals surface area (Å²) in [6.45, 7) is 1.80. The van der Waals surface area contributed by atoms with Gasteiger partial charge in [0, 0.05) is 44.9 Å². The SMILES string of the molecule is CNc1nccn1CCn1ccnc1. The first-order chi connectivity index (χ1) is 6.90. The van der Waals surface area contributed by atoms with Gasteiger partial charge < -0.3 is 14.5 Å². The number of aromatic nitrogens is 4. The standard InChI is InChI=1S/C9H13N5/c1-10-9-12-3-5-14(9)7-6-13-4-2-11-8-13/h2-5,8H,6-7H2,1H3,(H,10,12). The number of imidazole rings is 2. The van der Waals surface area contributed by atoms with Crippen molar-refractivity contribution in [3.8, 4) is 0 Å². The van der Waals surface area contributed by atoms with Crippen molar-refractivity contribution in [2.24, 2.45) is 0 Å². The van der Waals surface area contributed by atoms with Crippen molar-refractivity contribution < 1.29 is 0 Å². The van der Waals surface area contributed by atoms with Crippen LogP contribution in [0.5, 0.6) is 0 Å². The molecule has 0 spiro atoms. The Morgan fingerprint density at radius 1 is 1.29 bits per heavy atom. The van der Waals surface area contributed by atoms with Gasteiger partial charge in [0.15, 0.2) is 0 Å². The lowest BCUT2D eigenvalue weighted by Crippen LogP contribution is -2.08. The van der Waals surface area contributed by atoms with E-state index in [-0.39, 0.29) is 0 Å². The first-order valence-electron chi connectivity index (χ1n) is 4.55. The second kappa shape index (κ2) is 3.95. The van der Waals surface area contributed by atoms with Crippen LogP contribution in [0, 0.1) is 0 Å². The van der Waals surface area contributed by atoms with E-state index in [9.17, 15) is 0 Å². The van der Waals surface area contributed by atoms with Crippen LogP contribution in [0.15, 0.2) is 31.1 Å². The van der Waals surface area contributed by atoms with Crippen molar-refractivity contribution in [1.29, 1.82) is 0 Å². The van der Waals surface area contributed by atoms with Gasteiger partial charge in [0.05, 0.1) is 6.33 Å².